The summed E-state index contributed by atoms with van der Waals surface area (Å²) in [6.07, 6.45) is 4.46. The molecule has 0 aliphatic carbocycles. The van der Waals surface area contributed by atoms with E-state index in [1.54, 1.807) is 0 Å². The van der Waals surface area contributed by atoms with Crippen molar-refractivity contribution in [2.45, 2.75) is 39.3 Å². The van der Waals surface area contributed by atoms with Crippen LogP contribution in [0.2, 0.25) is 0 Å². The SMILES string of the molecule is CCCNCc1cc(N2CCCOC(C)C2)ccn1. The van der Waals surface area contributed by atoms with Crippen LogP contribution < -0.4 is 10.2 Å². The molecule has 1 fully saturated rings. The molecule has 4 heteroatoms. The van der Waals surface area contributed by atoms with E-state index in [9.17, 15) is 0 Å². The molecule has 1 aliphatic heterocycles. The zero-order valence-electron chi connectivity index (χ0n) is 12.1. The summed E-state index contributed by atoms with van der Waals surface area (Å²) in [7, 11) is 0. The van der Waals surface area contributed by atoms with Gasteiger partial charge < -0.3 is 15.0 Å². The summed E-state index contributed by atoms with van der Waals surface area (Å²) in [5, 5.41) is 3.40. The molecule has 1 saturated heterocycles. The van der Waals surface area contributed by atoms with E-state index in [0.717, 1.165) is 51.3 Å². The van der Waals surface area contributed by atoms with Crippen molar-refractivity contribution in [3.05, 3.63) is 24.0 Å². The molecule has 106 valence electrons. The number of rotatable bonds is 5. The van der Waals surface area contributed by atoms with Gasteiger partial charge in [-0.3, -0.25) is 4.98 Å². The van der Waals surface area contributed by atoms with Gasteiger partial charge in [0.2, 0.25) is 0 Å². The number of hydrogen-bond acceptors (Lipinski definition) is 4. The minimum absolute atomic E-state index is 0.303. The van der Waals surface area contributed by atoms with Crippen LogP contribution in [0.15, 0.2) is 18.3 Å². The number of hydrogen-bond donors (Lipinski definition) is 1. The first-order valence-electron chi connectivity index (χ1n) is 7.31. The molecule has 19 heavy (non-hydrogen) atoms. The summed E-state index contributed by atoms with van der Waals surface area (Å²) in [5.74, 6) is 0. The normalized spacial score (nSPS) is 20.3. The maximum absolute atomic E-state index is 5.69. The highest BCUT2D eigenvalue weighted by molar-refractivity contribution is 5.46. The standard InChI is InChI=1S/C15H25N3O/c1-3-6-16-11-14-10-15(5-7-17-14)18-8-4-9-19-13(2)12-18/h5,7,10,13,16H,3-4,6,8-9,11-12H2,1-2H3. The third-order valence-electron chi connectivity index (χ3n) is 3.35. The van der Waals surface area contributed by atoms with E-state index < -0.39 is 0 Å². The zero-order chi connectivity index (χ0) is 13.5. The topological polar surface area (TPSA) is 37.4 Å². The fraction of sp³-hybridized carbons (Fsp3) is 0.667. The first-order chi connectivity index (χ1) is 9.29. The molecular weight excluding hydrogens is 238 g/mol. The molecule has 1 unspecified atom stereocenters. The molecule has 1 aromatic heterocycles. The Labute approximate surface area is 116 Å². The number of nitrogens with one attached hydrogen (secondary N) is 1. The average molecular weight is 263 g/mol. The summed E-state index contributed by atoms with van der Waals surface area (Å²) in [5.41, 5.74) is 2.38. The van der Waals surface area contributed by atoms with Crippen molar-refractivity contribution < 1.29 is 4.74 Å². The van der Waals surface area contributed by atoms with Crippen molar-refractivity contribution in [3.8, 4) is 0 Å². The molecule has 0 amide bonds. The molecule has 0 radical (unpaired) electrons. The number of aromatic nitrogens is 1. The van der Waals surface area contributed by atoms with Gasteiger partial charge in [-0.25, -0.2) is 0 Å². The molecule has 1 aromatic rings. The van der Waals surface area contributed by atoms with Gasteiger partial charge in [-0.2, -0.15) is 0 Å². The van der Waals surface area contributed by atoms with Crippen molar-refractivity contribution in [1.29, 1.82) is 0 Å². The summed E-state index contributed by atoms with van der Waals surface area (Å²) in [6, 6.07) is 4.29. The largest absolute Gasteiger partial charge is 0.377 e. The molecular formula is C15H25N3O. The number of ether oxygens (including phenoxy) is 1. The van der Waals surface area contributed by atoms with Crippen LogP contribution in [-0.4, -0.2) is 37.3 Å². The van der Waals surface area contributed by atoms with Crippen molar-refractivity contribution in [2.75, 3.05) is 31.1 Å². The Hall–Kier alpha value is -1.13. The highest BCUT2D eigenvalue weighted by atomic mass is 16.5. The maximum Gasteiger partial charge on any atom is 0.0721 e. The van der Waals surface area contributed by atoms with Gasteiger partial charge in [-0.05, 0) is 38.4 Å². The first-order valence-corrected chi connectivity index (χ1v) is 7.31. The van der Waals surface area contributed by atoms with E-state index >= 15 is 0 Å². The summed E-state index contributed by atoms with van der Waals surface area (Å²) in [6.45, 7) is 9.11. The summed E-state index contributed by atoms with van der Waals surface area (Å²) < 4.78 is 5.69. The lowest BCUT2D eigenvalue weighted by atomic mass is 10.2. The Morgan fingerprint density at radius 2 is 2.42 bits per heavy atom. The maximum atomic E-state index is 5.69. The van der Waals surface area contributed by atoms with Crippen molar-refractivity contribution in [2.24, 2.45) is 0 Å². The van der Waals surface area contributed by atoms with Crippen LogP contribution in [0.5, 0.6) is 0 Å². The van der Waals surface area contributed by atoms with Gasteiger partial charge in [0.15, 0.2) is 0 Å². The molecule has 1 N–H and O–H groups in total. The molecule has 0 aromatic carbocycles. The number of nitrogens with zero attached hydrogens (tertiary/aromatic N) is 2. The highest BCUT2D eigenvalue weighted by Gasteiger charge is 2.15. The average Bonchev–Trinajstić information content (AvgIpc) is 2.64. The Bertz CT molecular complexity index is 383. The van der Waals surface area contributed by atoms with Gasteiger partial charge in [0.05, 0.1) is 11.8 Å². The fourth-order valence-electron chi connectivity index (χ4n) is 2.38. The van der Waals surface area contributed by atoms with E-state index in [1.165, 1.54) is 5.69 Å². The molecule has 1 atom stereocenters. The van der Waals surface area contributed by atoms with Crippen LogP contribution in [0.4, 0.5) is 5.69 Å². The smallest absolute Gasteiger partial charge is 0.0721 e. The third kappa shape index (κ3) is 4.48. The minimum Gasteiger partial charge on any atom is -0.377 e. The minimum atomic E-state index is 0.303. The lowest BCUT2D eigenvalue weighted by Crippen LogP contribution is -2.30. The first kappa shape index (κ1) is 14.3. The Balaban J connectivity index is 2.00. The van der Waals surface area contributed by atoms with Crippen LogP contribution in [0, 0.1) is 0 Å². The van der Waals surface area contributed by atoms with Gasteiger partial charge in [0, 0.05) is 38.1 Å². The molecule has 0 saturated carbocycles. The lowest BCUT2D eigenvalue weighted by molar-refractivity contribution is 0.0821. The van der Waals surface area contributed by atoms with Crippen LogP contribution in [0.25, 0.3) is 0 Å². The van der Waals surface area contributed by atoms with Crippen molar-refractivity contribution in [1.82, 2.24) is 10.3 Å². The van der Waals surface area contributed by atoms with Crippen LogP contribution in [0.3, 0.4) is 0 Å². The Morgan fingerprint density at radius 1 is 1.53 bits per heavy atom. The van der Waals surface area contributed by atoms with E-state index in [0.29, 0.717) is 6.10 Å². The molecule has 2 heterocycles. The Morgan fingerprint density at radius 3 is 3.26 bits per heavy atom. The Kier molecular flexibility index (Phi) is 5.61. The van der Waals surface area contributed by atoms with Gasteiger partial charge in [-0.15, -0.1) is 0 Å². The van der Waals surface area contributed by atoms with Crippen LogP contribution >= 0.6 is 0 Å². The van der Waals surface area contributed by atoms with Crippen LogP contribution in [0.1, 0.15) is 32.4 Å². The van der Waals surface area contributed by atoms with Gasteiger partial charge in [0.1, 0.15) is 0 Å². The number of anilines is 1. The third-order valence-corrected chi connectivity index (χ3v) is 3.35. The summed E-state index contributed by atoms with van der Waals surface area (Å²) in [4.78, 5) is 6.83. The second-order valence-corrected chi connectivity index (χ2v) is 5.16. The predicted octanol–water partition coefficient (Wildman–Crippen LogP) is 2.20. The van der Waals surface area contributed by atoms with Gasteiger partial charge in [0.25, 0.3) is 0 Å². The van der Waals surface area contributed by atoms with Crippen molar-refractivity contribution >= 4 is 5.69 Å². The predicted molar refractivity (Wildman–Crippen MR) is 78.5 cm³/mol. The highest BCUT2D eigenvalue weighted by Crippen LogP contribution is 2.18. The molecule has 0 bridgehead atoms. The number of pyridine rings is 1. The van der Waals surface area contributed by atoms with E-state index in [1.807, 2.05) is 6.20 Å². The molecule has 1 aliphatic rings. The second-order valence-electron chi connectivity index (χ2n) is 5.16. The van der Waals surface area contributed by atoms with Crippen LogP contribution in [-0.2, 0) is 11.3 Å². The second kappa shape index (κ2) is 7.46. The summed E-state index contributed by atoms with van der Waals surface area (Å²) >= 11 is 0. The lowest BCUT2D eigenvalue weighted by Gasteiger charge is -2.24. The van der Waals surface area contributed by atoms with E-state index in [2.05, 4.69) is 41.2 Å². The van der Waals surface area contributed by atoms with Crippen molar-refractivity contribution in [3.63, 3.8) is 0 Å². The molecule has 2 rings (SSSR count). The van der Waals surface area contributed by atoms with E-state index in [4.69, 9.17) is 4.74 Å². The van der Waals surface area contributed by atoms with E-state index in [-0.39, 0.29) is 0 Å². The monoisotopic (exact) mass is 263 g/mol. The van der Waals surface area contributed by atoms with Gasteiger partial charge >= 0.3 is 0 Å². The van der Waals surface area contributed by atoms with Gasteiger partial charge in [-0.1, -0.05) is 6.92 Å². The zero-order valence-corrected chi connectivity index (χ0v) is 12.1. The molecule has 4 nitrogen and oxygen atoms in total. The fourth-order valence-corrected chi connectivity index (χ4v) is 2.38. The quantitative estimate of drug-likeness (QED) is 0.826. The molecule has 0 spiro atoms.